The van der Waals surface area contributed by atoms with Gasteiger partial charge in [-0.3, -0.25) is 0 Å². The third-order valence-electron chi connectivity index (χ3n) is 13.9. The molecule has 0 bridgehead atoms. The largest absolute Gasteiger partial charge is 0.306 e. The number of para-hydroxylation sites is 6. The molecule has 0 spiro atoms. The van der Waals surface area contributed by atoms with Crippen LogP contribution in [0.3, 0.4) is 0 Å². The SMILES string of the molecule is Cc1cccc2c3cccc(C)c3n(-c3cc(-c4cc(-c5ccccc5)nc(-c5ccccc5)n4)cc(-n4c5c(C)cccc5c5cccc(C)c54)c3-n3c4ccccc4c4ccccc43)c12. The number of hydrogen-bond acceptors (Lipinski definition) is 2. The number of aromatic nitrogens is 5. The van der Waals surface area contributed by atoms with E-state index in [1.807, 2.05) is 6.07 Å². The topological polar surface area (TPSA) is 40.6 Å². The number of hydrogen-bond donors (Lipinski definition) is 0. The minimum Gasteiger partial charge on any atom is -0.306 e. The van der Waals surface area contributed by atoms with Crippen molar-refractivity contribution >= 4 is 65.4 Å². The lowest BCUT2D eigenvalue weighted by Gasteiger charge is -2.24. The van der Waals surface area contributed by atoms with Gasteiger partial charge in [-0.25, -0.2) is 9.97 Å². The zero-order valence-electron chi connectivity index (χ0n) is 37.8. The molecular formula is C62H45N5. The lowest BCUT2D eigenvalue weighted by atomic mass is 10.0. The van der Waals surface area contributed by atoms with E-state index < -0.39 is 0 Å². The molecule has 4 heterocycles. The first kappa shape index (κ1) is 38.9. The molecule has 0 saturated carbocycles. The Morgan fingerprint density at radius 3 is 1.09 bits per heavy atom. The van der Waals surface area contributed by atoms with E-state index in [2.05, 4.69) is 236 Å². The van der Waals surface area contributed by atoms with Crippen molar-refractivity contribution in [2.75, 3.05) is 0 Å². The minimum atomic E-state index is 0.679. The maximum atomic E-state index is 5.52. The van der Waals surface area contributed by atoms with Crippen molar-refractivity contribution in [2.45, 2.75) is 27.7 Å². The number of aryl methyl sites for hydroxylation is 4. The van der Waals surface area contributed by atoms with Crippen LogP contribution in [-0.2, 0) is 0 Å². The lowest BCUT2D eigenvalue weighted by Crippen LogP contribution is -2.11. The highest BCUT2D eigenvalue weighted by atomic mass is 15.1. The zero-order chi connectivity index (χ0) is 44.9. The summed E-state index contributed by atoms with van der Waals surface area (Å²) < 4.78 is 7.66. The second kappa shape index (κ2) is 15.0. The van der Waals surface area contributed by atoms with E-state index in [1.165, 1.54) is 76.6 Å². The van der Waals surface area contributed by atoms with Gasteiger partial charge in [-0.1, -0.05) is 170 Å². The van der Waals surface area contributed by atoms with Gasteiger partial charge in [0.25, 0.3) is 0 Å². The molecule has 318 valence electrons. The van der Waals surface area contributed by atoms with E-state index in [1.54, 1.807) is 0 Å². The molecule has 0 atom stereocenters. The number of fused-ring (bicyclic) bond motifs is 9. The van der Waals surface area contributed by atoms with Crippen LogP contribution in [0.2, 0.25) is 0 Å². The van der Waals surface area contributed by atoms with Crippen molar-refractivity contribution in [3.8, 4) is 51.0 Å². The van der Waals surface area contributed by atoms with E-state index in [-0.39, 0.29) is 0 Å². The Labute approximate surface area is 388 Å². The summed E-state index contributed by atoms with van der Waals surface area (Å²) in [5.74, 6) is 0.679. The smallest absolute Gasteiger partial charge is 0.160 e. The van der Waals surface area contributed by atoms with Crippen LogP contribution in [-0.4, -0.2) is 23.7 Å². The Hall–Kier alpha value is -8.54. The third kappa shape index (κ3) is 5.87. The zero-order valence-corrected chi connectivity index (χ0v) is 37.8. The van der Waals surface area contributed by atoms with Crippen LogP contribution in [0.1, 0.15) is 22.3 Å². The quantitative estimate of drug-likeness (QED) is 0.167. The molecule has 0 saturated heterocycles. The molecule has 67 heavy (non-hydrogen) atoms. The first-order valence-corrected chi connectivity index (χ1v) is 23.1. The molecule has 5 nitrogen and oxygen atoms in total. The van der Waals surface area contributed by atoms with E-state index >= 15 is 0 Å². The van der Waals surface area contributed by atoms with Gasteiger partial charge in [0.1, 0.15) is 0 Å². The molecule has 4 aromatic heterocycles. The van der Waals surface area contributed by atoms with Gasteiger partial charge in [0.2, 0.25) is 0 Å². The predicted octanol–water partition coefficient (Wildman–Crippen LogP) is 16.0. The molecule has 0 amide bonds. The standard InChI is InChI=1S/C62H45N5/c1-38-19-15-29-47-48-30-16-20-39(2)58(48)66(57(38)47)55-35-44(52-37-51(42-23-7-5-8-24-42)63-62(64-52)43-25-9-6-10-26-43)36-56(61(55)65-53-33-13-11-27-45(53)46-28-12-14-34-54(46)65)67-59-40(3)21-17-31-49(59)50-32-18-22-41(4)60(50)67/h5-37H,1-4H3. The highest BCUT2D eigenvalue weighted by molar-refractivity contribution is 6.15. The van der Waals surface area contributed by atoms with Gasteiger partial charge >= 0.3 is 0 Å². The Morgan fingerprint density at radius 1 is 0.299 bits per heavy atom. The lowest BCUT2D eigenvalue weighted by molar-refractivity contribution is 1.04. The van der Waals surface area contributed by atoms with Gasteiger partial charge in [-0.05, 0) is 80.3 Å². The molecule has 0 aliphatic carbocycles. The monoisotopic (exact) mass is 859 g/mol. The Kier molecular flexibility index (Phi) is 8.71. The van der Waals surface area contributed by atoms with Crippen molar-refractivity contribution in [3.63, 3.8) is 0 Å². The summed E-state index contributed by atoms with van der Waals surface area (Å²) in [6.45, 7) is 9.00. The summed E-state index contributed by atoms with van der Waals surface area (Å²) in [6, 6.07) is 72.5. The third-order valence-corrected chi connectivity index (χ3v) is 13.9. The van der Waals surface area contributed by atoms with Gasteiger partial charge in [-0.2, -0.15) is 0 Å². The van der Waals surface area contributed by atoms with Crippen molar-refractivity contribution in [1.82, 2.24) is 23.7 Å². The van der Waals surface area contributed by atoms with Gasteiger partial charge < -0.3 is 13.7 Å². The summed E-state index contributed by atoms with van der Waals surface area (Å²) in [5, 5.41) is 7.31. The van der Waals surface area contributed by atoms with Gasteiger partial charge in [0.05, 0.1) is 61.6 Å². The highest BCUT2D eigenvalue weighted by Gasteiger charge is 2.28. The number of rotatable bonds is 6. The van der Waals surface area contributed by atoms with E-state index in [9.17, 15) is 0 Å². The number of benzene rings is 9. The van der Waals surface area contributed by atoms with E-state index in [0.29, 0.717) is 5.82 Å². The summed E-state index contributed by atoms with van der Waals surface area (Å²) in [7, 11) is 0. The molecule has 0 fully saturated rings. The average molecular weight is 860 g/mol. The maximum absolute atomic E-state index is 5.52. The Morgan fingerprint density at radius 2 is 0.657 bits per heavy atom. The Balaban J connectivity index is 1.30. The molecule has 5 heteroatoms. The van der Waals surface area contributed by atoms with Crippen LogP contribution in [0.25, 0.3) is 116 Å². The second-order valence-electron chi connectivity index (χ2n) is 18.0. The first-order chi connectivity index (χ1) is 32.9. The fourth-order valence-electron chi connectivity index (χ4n) is 11.0. The van der Waals surface area contributed by atoms with Gasteiger partial charge in [-0.15, -0.1) is 0 Å². The van der Waals surface area contributed by atoms with Crippen LogP contribution >= 0.6 is 0 Å². The van der Waals surface area contributed by atoms with Gasteiger partial charge in [0, 0.05) is 49.0 Å². The molecule has 0 radical (unpaired) electrons. The number of nitrogens with zero attached hydrogens (tertiary/aromatic N) is 5. The summed E-state index contributed by atoms with van der Waals surface area (Å²) in [4.78, 5) is 10.8. The summed E-state index contributed by atoms with van der Waals surface area (Å²) in [5.41, 5.74) is 19.7. The summed E-state index contributed by atoms with van der Waals surface area (Å²) in [6.07, 6.45) is 0. The van der Waals surface area contributed by atoms with Crippen LogP contribution in [0.5, 0.6) is 0 Å². The molecule has 9 aromatic carbocycles. The summed E-state index contributed by atoms with van der Waals surface area (Å²) >= 11 is 0. The van der Waals surface area contributed by atoms with Crippen molar-refractivity contribution in [3.05, 3.63) is 222 Å². The van der Waals surface area contributed by atoms with Crippen LogP contribution in [0.4, 0.5) is 0 Å². The molecular weight excluding hydrogens is 815 g/mol. The molecule has 0 N–H and O–H groups in total. The minimum absolute atomic E-state index is 0.679. The fraction of sp³-hybridized carbons (Fsp3) is 0.0645. The fourth-order valence-corrected chi connectivity index (χ4v) is 11.0. The molecule has 0 aliphatic rings. The second-order valence-corrected chi connectivity index (χ2v) is 18.0. The maximum Gasteiger partial charge on any atom is 0.160 e. The molecule has 13 rings (SSSR count). The Bertz CT molecular complexity index is 3750. The van der Waals surface area contributed by atoms with Crippen molar-refractivity contribution in [2.24, 2.45) is 0 Å². The normalized spacial score (nSPS) is 11.9. The van der Waals surface area contributed by atoms with Crippen LogP contribution < -0.4 is 0 Å². The van der Waals surface area contributed by atoms with Crippen molar-refractivity contribution in [1.29, 1.82) is 0 Å². The van der Waals surface area contributed by atoms with Crippen LogP contribution in [0.15, 0.2) is 200 Å². The van der Waals surface area contributed by atoms with E-state index in [4.69, 9.17) is 9.97 Å². The molecule has 13 aromatic rings. The van der Waals surface area contributed by atoms with Crippen molar-refractivity contribution < 1.29 is 0 Å². The average Bonchev–Trinajstić information content (AvgIpc) is 4.02. The van der Waals surface area contributed by atoms with Crippen LogP contribution in [0, 0.1) is 27.7 Å². The van der Waals surface area contributed by atoms with Gasteiger partial charge in [0.15, 0.2) is 5.82 Å². The van der Waals surface area contributed by atoms with E-state index in [0.717, 1.165) is 56.2 Å². The molecule has 0 unspecified atom stereocenters. The predicted molar refractivity (Wildman–Crippen MR) is 280 cm³/mol. The highest BCUT2D eigenvalue weighted by Crippen LogP contribution is 2.46. The first-order valence-electron chi connectivity index (χ1n) is 23.1. The molecule has 0 aliphatic heterocycles.